The maximum Gasteiger partial charge on any atom is 0.241 e. The van der Waals surface area contributed by atoms with Crippen molar-refractivity contribution < 1.29 is 18.3 Å². The van der Waals surface area contributed by atoms with Gasteiger partial charge < -0.3 is 20.9 Å². The van der Waals surface area contributed by atoms with Crippen molar-refractivity contribution in [2.24, 2.45) is 5.73 Å². The summed E-state index contributed by atoms with van der Waals surface area (Å²) in [7, 11) is -2.34. The van der Waals surface area contributed by atoms with Gasteiger partial charge in [-0.15, -0.1) is 11.3 Å². The van der Waals surface area contributed by atoms with Crippen LogP contribution in [0.3, 0.4) is 0 Å². The molecule has 0 fully saturated rings. The molecular weight excluding hydrogens is 498 g/mol. The van der Waals surface area contributed by atoms with Gasteiger partial charge in [-0.25, -0.2) is 18.1 Å². The average molecular weight is 526 g/mol. The number of aromatic nitrogens is 1. The van der Waals surface area contributed by atoms with Crippen LogP contribution < -0.4 is 20.5 Å². The van der Waals surface area contributed by atoms with Gasteiger partial charge in [0.2, 0.25) is 10.0 Å². The zero-order chi connectivity index (χ0) is 25.7. The first-order valence-corrected chi connectivity index (χ1v) is 13.4. The zero-order valence-corrected chi connectivity index (χ0v) is 21.2. The Morgan fingerprint density at radius 3 is 2.72 bits per heavy atom. The van der Waals surface area contributed by atoms with Gasteiger partial charge in [0.15, 0.2) is 0 Å². The fourth-order valence-corrected chi connectivity index (χ4v) is 6.08. The molecule has 11 heteroatoms. The Bertz CT molecular complexity index is 1490. The first kappa shape index (κ1) is 25.6. The lowest BCUT2D eigenvalue weighted by molar-refractivity contribution is 0.311. The Kier molecular flexibility index (Phi) is 7.85. The molecule has 0 aliphatic heterocycles. The van der Waals surface area contributed by atoms with Gasteiger partial charge in [0.05, 0.1) is 34.9 Å². The van der Waals surface area contributed by atoms with Crippen LogP contribution in [0.2, 0.25) is 0 Å². The molecular formula is C25H27N5O4S2. The van der Waals surface area contributed by atoms with E-state index < -0.39 is 16.1 Å². The summed E-state index contributed by atoms with van der Waals surface area (Å²) in [5.74, 6) is 0.629. The van der Waals surface area contributed by atoms with Gasteiger partial charge >= 0.3 is 0 Å². The Balaban J connectivity index is 1.71. The number of methoxy groups -OCH3 is 1. The molecule has 6 N–H and O–H groups in total. The minimum absolute atomic E-state index is 0.0618. The van der Waals surface area contributed by atoms with E-state index in [1.54, 1.807) is 37.4 Å². The highest BCUT2D eigenvalue weighted by atomic mass is 32.2. The molecule has 36 heavy (non-hydrogen) atoms. The number of nitrogens with two attached hydrogens (primary N) is 1. The summed E-state index contributed by atoms with van der Waals surface area (Å²) in [6, 6.07) is 18.4. The predicted octanol–water partition coefficient (Wildman–Crippen LogP) is 3.26. The number of ether oxygens (including phenoxy) is 1. The van der Waals surface area contributed by atoms with E-state index in [1.165, 1.54) is 23.5 Å². The van der Waals surface area contributed by atoms with Crippen LogP contribution in [0.5, 0.6) is 5.75 Å². The van der Waals surface area contributed by atoms with Crippen molar-refractivity contribution >= 4 is 43.1 Å². The fourth-order valence-electron chi connectivity index (χ4n) is 3.71. The van der Waals surface area contributed by atoms with E-state index in [4.69, 9.17) is 26.0 Å². The predicted molar refractivity (Wildman–Crippen MR) is 142 cm³/mol. The summed E-state index contributed by atoms with van der Waals surface area (Å²) in [4.78, 5) is 4.80. The summed E-state index contributed by atoms with van der Waals surface area (Å²) < 4.78 is 35.9. The third-order valence-corrected chi connectivity index (χ3v) is 8.07. The molecule has 1 heterocycles. The lowest BCUT2D eigenvalue weighted by Gasteiger charge is -2.18. The Morgan fingerprint density at radius 2 is 1.97 bits per heavy atom. The summed E-state index contributed by atoms with van der Waals surface area (Å²) >= 11 is 1.39. The fraction of sp³-hybridized carbons (Fsp3) is 0.200. The van der Waals surface area contributed by atoms with Crippen molar-refractivity contribution in [1.29, 1.82) is 5.41 Å². The molecule has 0 bridgehead atoms. The highest BCUT2D eigenvalue weighted by molar-refractivity contribution is 7.89. The number of sulfonamides is 1. The summed E-state index contributed by atoms with van der Waals surface area (Å²) in [6.07, 6.45) is 0.305. The molecule has 4 aromatic rings. The Labute approximate surface area is 213 Å². The Hall–Kier alpha value is -3.51. The smallest absolute Gasteiger partial charge is 0.241 e. The number of anilines is 1. The minimum atomic E-state index is -3.93. The third kappa shape index (κ3) is 6.00. The van der Waals surface area contributed by atoms with Gasteiger partial charge in [0.25, 0.3) is 0 Å². The van der Waals surface area contributed by atoms with Crippen molar-refractivity contribution in [3.8, 4) is 5.75 Å². The van der Waals surface area contributed by atoms with E-state index in [0.717, 1.165) is 15.8 Å². The highest BCUT2D eigenvalue weighted by Crippen LogP contribution is 2.32. The van der Waals surface area contributed by atoms with Crippen LogP contribution in [0.15, 0.2) is 71.6 Å². The molecule has 1 atom stereocenters. The topological polar surface area (TPSA) is 150 Å². The van der Waals surface area contributed by atoms with Gasteiger partial charge in [0, 0.05) is 17.8 Å². The van der Waals surface area contributed by atoms with Crippen LogP contribution in [0.1, 0.15) is 22.2 Å². The molecule has 9 nitrogen and oxygen atoms in total. The number of rotatable bonds is 11. The van der Waals surface area contributed by atoms with E-state index >= 15 is 0 Å². The van der Waals surface area contributed by atoms with Gasteiger partial charge in [-0.3, -0.25) is 5.41 Å². The maximum atomic E-state index is 13.4. The number of nitrogens with one attached hydrogen (secondary N) is 3. The molecule has 0 aliphatic rings. The molecule has 0 radical (unpaired) electrons. The van der Waals surface area contributed by atoms with Gasteiger partial charge in [-0.1, -0.05) is 24.3 Å². The van der Waals surface area contributed by atoms with Crippen LogP contribution >= 0.6 is 11.3 Å². The molecule has 0 saturated carbocycles. The normalized spacial score (nSPS) is 12.4. The highest BCUT2D eigenvalue weighted by Gasteiger charge is 2.25. The monoisotopic (exact) mass is 525 g/mol. The van der Waals surface area contributed by atoms with Crippen LogP contribution in [0.25, 0.3) is 10.2 Å². The third-order valence-electron chi connectivity index (χ3n) is 5.47. The Morgan fingerprint density at radius 1 is 1.17 bits per heavy atom. The molecule has 1 aromatic heterocycles. The number of hydrogen-bond acceptors (Lipinski definition) is 8. The maximum absolute atomic E-state index is 13.4. The number of aliphatic hydroxyl groups is 1. The van der Waals surface area contributed by atoms with Crippen LogP contribution in [-0.2, 0) is 16.4 Å². The average Bonchev–Trinajstić information content (AvgIpc) is 3.31. The summed E-state index contributed by atoms with van der Waals surface area (Å²) in [5.41, 5.74) is 8.36. The first-order chi connectivity index (χ1) is 17.3. The minimum Gasteiger partial charge on any atom is -0.497 e. The summed E-state index contributed by atoms with van der Waals surface area (Å²) in [6.45, 7) is 0.236. The second-order valence-corrected chi connectivity index (χ2v) is 10.8. The number of thiazole rings is 1. The van der Waals surface area contributed by atoms with E-state index in [2.05, 4.69) is 10.0 Å². The number of nitrogen functional groups attached to an aromatic ring is 1. The number of amidine groups is 1. The van der Waals surface area contributed by atoms with Crippen LogP contribution in [0, 0.1) is 5.41 Å². The second-order valence-electron chi connectivity index (χ2n) is 8.06. The van der Waals surface area contributed by atoms with E-state index in [-0.39, 0.29) is 17.3 Å². The number of hydrogen-bond donors (Lipinski definition) is 5. The largest absolute Gasteiger partial charge is 0.497 e. The molecule has 3 aromatic carbocycles. The second kappa shape index (κ2) is 11.0. The number of nitrogens with zero attached hydrogens (tertiary/aromatic N) is 1. The van der Waals surface area contributed by atoms with Gasteiger partial charge in [-0.05, 0) is 54.4 Å². The molecule has 0 saturated heterocycles. The SMILES string of the molecule is COc1ccc2nc(C(Cc3cccc(C(=N)N)c3)NS(=O)(=O)c3cccc(NCCO)c3)sc2c1. The molecule has 0 aliphatic carbocycles. The number of aliphatic hydroxyl groups excluding tert-OH is 1. The van der Waals surface area contributed by atoms with Crippen LogP contribution in [0.4, 0.5) is 5.69 Å². The number of fused-ring (bicyclic) bond motifs is 1. The van der Waals surface area contributed by atoms with Gasteiger partial charge in [-0.2, -0.15) is 0 Å². The standard InChI is InChI=1S/C25H27N5O4S2/c1-34-19-8-9-21-23(15-19)35-25(29-21)22(13-16-4-2-5-17(12-16)24(26)27)30-36(32,33)20-7-3-6-18(14-20)28-10-11-31/h2-9,12,14-15,22,28,30-31H,10-11,13H2,1H3,(H3,26,27). The van der Waals surface area contributed by atoms with Crippen molar-refractivity contribution in [2.45, 2.75) is 17.4 Å². The van der Waals surface area contributed by atoms with Crippen molar-refractivity contribution in [3.05, 3.63) is 82.9 Å². The van der Waals surface area contributed by atoms with Gasteiger partial charge in [0.1, 0.15) is 16.6 Å². The first-order valence-electron chi connectivity index (χ1n) is 11.1. The van der Waals surface area contributed by atoms with Crippen molar-refractivity contribution in [2.75, 3.05) is 25.6 Å². The lowest BCUT2D eigenvalue weighted by Crippen LogP contribution is -2.30. The quantitative estimate of drug-likeness (QED) is 0.149. The van der Waals surface area contributed by atoms with Crippen molar-refractivity contribution in [3.63, 3.8) is 0 Å². The zero-order valence-electron chi connectivity index (χ0n) is 19.6. The summed E-state index contributed by atoms with van der Waals surface area (Å²) in [5, 5.41) is 20.4. The molecule has 0 spiro atoms. The van der Waals surface area contributed by atoms with E-state index in [1.807, 2.05) is 24.3 Å². The molecule has 1 unspecified atom stereocenters. The van der Waals surface area contributed by atoms with Crippen LogP contribution in [-0.4, -0.2) is 44.6 Å². The molecule has 188 valence electrons. The lowest BCUT2D eigenvalue weighted by atomic mass is 10.0. The van der Waals surface area contributed by atoms with Crippen molar-refractivity contribution in [1.82, 2.24) is 9.71 Å². The van der Waals surface area contributed by atoms with E-state index in [0.29, 0.717) is 35.0 Å². The molecule has 0 amide bonds. The number of benzene rings is 3. The van der Waals surface area contributed by atoms with E-state index in [9.17, 15) is 8.42 Å². The molecule has 4 rings (SSSR count).